The number of aliphatic imine (C=N–C) groups is 1. The van der Waals surface area contributed by atoms with E-state index in [2.05, 4.69) is 66.1 Å². The van der Waals surface area contributed by atoms with Crippen molar-refractivity contribution in [1.29, 1.82) is 0 Å². The summed E-state index contributed by atoms with van der Waals surface area (Å²) >= 11 is 8.05. The van der Waals surface area contributed by atoms with E-state index in [1.807, 2.05) is 67.6 Å². The number of carbonyl (C=O) groups excluding carboxylic acids is 1. The predicted octanol–water partition coefficient (Wildman–Crippen LogP) is 6.89. The third kappa shape index (κ3) is 5.38. The Morgan fingerprint density at radius 3 is 2.42 bits per heavy atom. The van der Waals surface area contributed by atoms with Gasteiger partial charge in [-0.25, -0.2) is 9.79 Å². The molecule has 31 heavy (non-hydrogen) atoms. The number of rotatable bonds is 5. The lowest BCUT2D eigenvalue weighted by Crippen LogP contribution is -2.05. The standard InChI is InChI=1S/C24H16BrI2NO3/c1-14-6-8-16(9-7-14)23-28-21(24(29)31-23)12-15-10-19(26)22(20(27)11-15)30-13-17-4-2-3-5-18(17)25/h2-12H,13H2,1H3/b21-12-. The van der Waals surface area contributed by atoms with Crippen molar-refractivity contribution in [3.63, 3.8) is 0 Å². The average Bonchev–Trinajstić information content (AvgIpc) is 3.09. The maximum Gasteiger partial charge on any atom is 0.363 e. The van der Waals surface area contributed by atoms with E-state index < -0.39 is 5.97 Å². The number of hydrogen-bond donors (Lipinski definition) is 0. The highest BCUT2D eigenvalue weighted by atomic mass is 127. The molecule has 0 spiro atoms. The molecule has 0 amide bonds. The molecule has 0 fully saturated rings. The third-order valence-electron chi connectivity index (χ3n) is 4.57. The Morgan fingerprint density at radius 2 is 1.74 bits per heavy atom. The summed E-state index contributed by atoms with van der Waals surface area (Å²) in [6.07, 6.45) is 1.74. The van der Waals surface area contributed by atoms with Gasteiger partial charge < -0.3 is 9.47 Å². The number of ether oxygens (including phenoxy) is 2. The molecule has 0 radical (unpaired) electrons. The summed E-state index contributed by atoms with van der Waals surface area (Å²) in [5, 5.41) is 0. The Bertz CT molecular complexity index is 1200. The van der Waals surface area contributed by atoms with Crippen LogP contribution in [0.25, 0.3) is 6.08 Å². The number of carbonyl (C=O) groups is 1. The molecular weight excluding hydrogens is 684 g/mol. The van der Waals surface area contributed by atoms with Crippen molar-refractivity contribution < 1.29 is 14.3 Å². The van der Waals surface area contributed by atoms with Gasteiger partial charge >= 0.3 is 5.97 Å². The zero-order valence-electron chi connectivity index (χ0n) is 16.4. The number of benzene rings is 3. The van der Waals surface area contributed by atoms with Crippen LogP contribution in [0, 0.1) is 14.1 Å². The van der Waals surface area contributed by atoms with Crippen LogP contribution in [0.2, 0.25) is 0 Å². The fraction of sp³-hybridized carbons (Fsp3) is 0.0833. The van der Waals surface area contributed by atoms with Gasteiger partial charge in [0, 0.05) is 15.6 Å². The van der Waals surface area contributed by atoms with Gasteiger partial charge in [0.2, 0.25) is 5.90 Å². The lowest BCUT2D eigenvalue weighted by Gasteiger charge is -2.12. The molecule has 1 heterocycles. The van der Waals surface area contributed by atoms with Crippen molar-refractivity contribution in [3.8, 4) is 5.75 Å². The van der Waals surface area contributed by atoms with E-state index in [4.69, 9.17) is 9.47 Å². The molecule has 0 aromatic heterocycles. The topological polar surface area (TPSA) is 47.9 Å². The molecule has 4 rings (SSSR count). The van der Waals surface area contributed by atoms with Crippen LogP contribution in [0.3, 0.4) is 0 Å². The summed E-state index contributed by atoms with van der Waals surface area (Å²) in [4.78, 5) is 16.7. The Labute approximate surface area is 216 Å². The average molecular weight is 700 g/mol. The van der Waals surface area contributed by atoms with E-state index in [9.17, 15) is 4.79 Å². The number of nitrogens with zero attached hydrogens (tertiary/aromatic N) is 1. The fourth-order valence-electron chi connectivity index (χ4n) is 2.95. The molecule has 0 saturated heterocycles. The number of hydrogen-bond acceptors (Lipinski definition) is 4. The Balaban J connectivity index is 1.56. The zero-order valence-corrected chi connectivity index (χ0v) is 22.3. The van der Waals surface area contributed by atoms with E-state index >= 15 is 0 Å². The zero-order chi connectivity index (χ0) is 22.0. The van der Waals surface area contributed by atoms with Gasteiger partial charge in [0.1, 0.15) is 12.4 Å². The molecule has 0 N–H and O–H groups in total. The van der Waals surface area contributed by atoms with Gasteiger partial charge in [-0.1, -0.05) is 51.8 Å². The van der Waals surface area contributed by atoms with E-state index in [0.717, 1.165) is 39.6 Å². The van der Waals surface area contributed by atoms with Crippen molar-refractivity contribution in [3.05, 3.63) is 100 Å². The molecule has 0 atom stereocenters. The maximum absolute atomic E-state index is 12.3. The number of aryl methyl sites for hydroxylation is 1. The summed E-state index contributed by atoms with van der Waals surface area (Å²) in [6, 6.07) is 19.6. The first kappa shape index (κ1) is 22.5. The lowest BCUT2D eigenvalue weighted by molar-refractivity contribution is -0.129. The molecule has 7 heteroatoms. The van der Waals surface area contributed by atoms with Gasteiger partial charge in [-0.15, -0.1) is 0 Å². The van der Waals surface area contributed by atoms with E-state index in [-0.39, 0.29) is 5.70 Å². The minimum absolute atomic E-state index is 0.282. The summed E-state index contributed by atoms with van der Waals surface area (Å²) in [6.45, 7) is 2.47. The smallest absolute Gasteiger partial charge is 0.363 e. The molecule has 0 bridgehead atoms. The van der Waals surface area contributed by atoms with Crippen LogP contribution in [0.1, 0.15) is 22.3 Å². The van der Waals surface area contributed by atoms with Gasteiger partial charge in [0.25, 0.3) is 0 Å². The van der Waals surface area contributed by atoms with Crippen molar-refractivity contribution in [2.24, 2.45) is 4.99 Å². The van der Waals surface area contributed by atoms with Crippen LogP contribution in [0.15, 0.2) is 75.8 Å². The fourth-order valence-corrected chi connectivity index (χ4v) is 5.48. The van der Waals surface area contributed by atoms with Crippen molar-refractivity contribution in [2.45, 2.75) is 13.5 Å². The minimum Gasteiger partial charge on any atom is -0.487 e. The van der Waals surface area contributed by atoms with Gasteiger partial charge in [0.05, 0.1) is 7.14 Å². The Morgan fingerprint density at radius 1 is 1.06 bits per heavy atom. The second-order valence-corrected chi connectivity index (χ2v) is 10.1. The summed E-state index contributed by atoms with van der Waals surface area (Å²) < 4.78 is 14.4. The molecule has 4 nitrogen and oxygen atoms in total. The first-order valence-electron chi connectivity index (χ1n) is 9.35. The Kier molecular flexibility index (Phi) is 7.12. The van der Waals surface area contributed by atoms with E-state index in [1.54, 1.807) is 6.08 Å². The van der Waals surface area contributed by atoms with Gasteiger partial charge in [-0.05, 0) is 94.1 Å². The normalized spacial score (nSPS) is 14.5. The third-order valence-corrected chi connectivity index (χ3v) is 6.95. The van der Waals surface area contributed by atoms with Crippen LogP contribution < -0.4 is 4.74 Å². The van der Waals surface area contributed by atoms with Crippen LogP contribution in [0.5, 0.6) is 5.75 Å². The molecule has 0 aliphatic carbocycles. The lowest BCUT2D eigenvalue weighted by atomic mass is 10.1. The van der Waals surface area contributed by atoms with E-state index in [0.29, 0.717) is 12.5 Å². The van der Waals surface area contributed by atoms with Crippen molar-refractivity contribution in [1.82, 2.24) is 0 Å². The number of cyclic esters (lactones) is 1. The van der Waals surface area contributed by atoms with Crippen molar-refractivity contribution in [2.75, 3.05) is 0 Å². The van der Waals surface area contributed by atoms with Crippen LogP contribution >= 0.6 is 61.1 Å². The quantitative estimate of drug-likeness (QED) is 0.166. The highest BCUT2D eigenvalue weighted by molar-refractivity contribution is 14.1. The van der Waals surface area contributed by atoms with E-state index in [1.165, 1.54) is 0 Å². The summed E-state index contributed by atoms with van der Waals surface area (Å²) in [5.74, 6) is 0.695. The second-order valence-electron chi connectivity index (χ2n) is 6.90. The monoisotopic (exact) mass is 699 g/mol. The largest absolute Gasteiger partial charge is 0.487 e. The first-order valence-corrected chi connectivity index (χ1v) is 12.3. The van der Waals surface area contributed by atoms with Crippen LogP contribution in [-0.2, 0) is 16.1 Å². The number of halogens is 3. The van der Waals surface area contributed by atoms with Crippen LogP contribution in [-0.4, -0.2) is 11.9 Å². The SMILES string of the molecule is Cc1ccc(C2=N/C(=C\c3cc(I)c(OCc4ccccc4Br)c(I)c3)C(=O)O2)cc1. The van der Waals surface area contributed by atoms with Crippen molar-refractivity contribution >= 4 is 79.1 Å². The minimum atomic E-state index is -0.449. The van der Waals surface area contributed by atoms with Crippen LogP contribution in [0.4, 0.5) is 0 Å². The van der Waals surface area contributed by atoms with Gasteiger partial charge in [-0.3, -0.25) is 0 Å². The predicted molar refractivity (Wildman–Crippen MR) is 142 cm³/mol. The second kappa shape index (κ2) is 9.83. The van der Waals surface area contributed by atoms with Gasteiger partial charge in [0.15, 0.2) is 5.70 Å². The molecule has 3 aromatic carbocycles. The maximum atomic E-state index is 12.3. The molecule has 0 unspecified atom stereocenters. The highest BCUT2D eigenvalue weighted by Gasteiger charge is 2.24. The summed E-state index contributed by atoms with van der Waals surface area (Å²) in [5.41, 5.74) is 4.14. The highest BCUT2D eigenvalue weighted by Crippen LogP contribution is 2.32. The summed E-state index contributed by atoms with van der Waals surface area (Å²) in [7, 11) is 0. The first-order chi connectivity index (χ1) is 14.9. The van der Waals surface area contributed by atoms with Gasteiger partial charge in [-0.2, -0.15) is 0 Å². The molecule has 1 aliphatic heterocycles. The molecule has 0 saturated carbocycles. The molecular formula is C24H16BrI2NO3. The molecule has 1 aliphatic rings. The molecule has 156 valence electrons. The molecule has 3 aromatic rings. The number of esters is 1. The Hall–Kier alpha value is -1.72.